The molecule has 1 aromatic heterocycles. The molecule has 4 rings (SSSR count). The number of methoxy groups -OCH3 is 2. The van der Waals surface area contributed by atoms with Crippen molar-refractivity contribution in [2.24, 2.45) is 11.1 Å². The molecule has 0 amide bonds. The van der Waals surface area contributed by atoms with Crippen molar-refractivity contribution in [3.05, 3.63) is 47.6 Å². The Kier molecular flexibility index (Phi) is 5.97. The fourth-order valence-electron chi connectivity index (χ4n) is 4.19. The maximum atomic E-state index is 12.1. The SMILES string of the molecule is COC(=O)C(C)[C@H]1CON=C2/C(=C/c3ccc(-n4cnc(C)c4)c(OC)c3)CCCN21. The third-order valence-corrected chi connectivity index (χ3v) is 5.89. The summed E-state index contributed by atoms with van der Waals surface area (Å²) in [4.78, 5) is 24.1. The number of imidazole rings is 1. The van der Waals surface area contributed by atoms with E-state index in [1.165, 1.54) is 7.11 Å². The summed E-state index contributed by atoms with van der Waals surface area (Å²) in [6.07, 6.45) is 7.74. The van der Waals surface area contributed by atoms with Crippen molar-refractivity contribution in [1.29, 1.82) is 0 Å². The maximum Gasteiger partial charge on any atom is 0.310 e. The molecule has 2 aliphatic rings. The molecule has 0 N–H and O–H groups in total. The number of benzene rings is 1. The Morgan fingerprint density at radius 1 is 1.35 bits per heavy atom. The number of amidine groups is 1. The number of rotatable bonds is 5. The number of fused-ring (bicyclic) bond motifs is 1. The van der Waals surface area contributed by atoms with Crippen molar-refractivity contribution in [2.45, 2.75) is 32.7 Å². The second kappa shape index (κ2) is 8.83. The predicted molar refractivity (Wildman–Crippen MR) is 117 cm³/mol. The first kappa shape index (κ1) is 21.0. The zero-order valence-electron chi connectivity index (χ0n) is 18.4. The van der Waals surface area contributed by atoms with Crippen molar-refractivity contribution < 1.29 is 19.1 Å². The number of esters is 1. The lowest BCUT2D eigenvalue weighted by atomic mass is 9.94. The molecule has 164 valence electrons. The lowest BCUT2D eigenvalue weighted by molar-refractivity contribution is -0.148. The molecule has 31 heavy (non-hydrogen) atoms. The number of aromatic nitrogens is 2. The Bertz CT molecular complexity index is 1030. The number of hydrogen-bond acceptors (Lipinski definition) is 7. The Labute approximate surface area is 182 Å². The average molecular weight is 425 g/mol. The van der Waals surface area contributed by atoms with Crippen LogP contribution in [0, 0.1) is 12.8 Å². The average Bonchev–Trinajstić information content (AvgIpc) is 3.23. The largest absolute Gasteiger partial charge is 0.495 e. The lowest BCUT2D eigenvalue weighted by Crippen LogP contribution is -2.53. The summed E-state index contributed by atoms with van der Waals surface area (Å²) < 4.78 is 12.5. The Hall–Kier alpha value is -3.29. The lowest BCUT2D eigenvalue weighted by Gasteiger charge is -2.41. The van der Waals surface area contributed by atoms with Gasteiger partial charge in [0.15, 0.2) is 5.84 Å². The van der Waals surface area contributed by atoms with Crippen molar-refractivity contribution >= 4 is 17.9 Å². The molecule has 0 radical (unpaired) electrons. The number of ether oxygens (including phenoxy) is 2. The summed E-state index contributed by atoms with van der Waals surface area (Å²) in [7, 11) is 3.08. The number of aryl methyl sites for hydroxylation is 1. The molecular weight excluding hydrogens is 396 g/mol. The van der Waals surface area contributed by atoms with E-state index in [9.17, 15) is 4.79 Å². The zero-order chi connectivity index (χ0) is 22.0. The minimum absolute atomic E-state index is 0.0926. The smallest absolute Gasteiger partial charge is 0.310 e. The summed E-state index contributed by atoms with van der Waals surface area (Å²) in [5.41, 5.74) is 3.98. The molecule has 1 unspecified atom stereocenters. The van der Waals surface area contributed by atoms with Gasteiger partial charge in [-0.05, 0) is 56.0 Å². The Balaban J connectivity index is 1.62. The fraction of sp³-hybridized carbons (Fsp3) is 0.435. The van der Waals surface area contributed by atoms with Crippen molar-refractivity contribution in [3.63, 3.8) is 0 Å². The van der Waals surface area contributed by atoms with Crippen LogP contribution in [0.5, 0.6) is 5.75 Å². The van der Waals surface area contributed by atoms with Crippen LogP contribution in [0.1, 0.15) is 31.0 Å². The van der Waals surface area contributed by atoms with E-state index in [1.807, 2.05) is 36.7 Å². The van der Waals surface area contributed by atoms with Gasteiger partial charge >= 0.3 is 5.97 Å². The number of nitrogens with zero attached hydrogens (tertiary/aromatic N) is 4. The van der Waals surface area contributed by atoms with E-state index in [0.29, 0.717) is 6.61 Å². The standard InChI is InChI=1S/C23H28N4O4/c1-15-12-26(14-24-15)19-8-7-17(11-21(19)29-3)10-18-6-5-9-27-20(13-31-25-22(18)27)16(2)23(28)30-4/h7-8,10-12,14,16,20H,5-6,9,13H2,1-4H3/b18-10+/t16?,20-/m1/s1. The Morgan fingerprint density at radius 3 is 2.90 bits per heavy atom. The van der Waals surface area contributed by atoms with Crippen LogP contribution in [-0.4, -0.2) is 59.7 Å². The number of oxime groups is 1. The van der Waals surface area contributed by atoms with Gasteiger partial charge in [-0.25, -0.2) is 4.98 Å². The van der Waals surface area contributed by atoms with Crippen LogP contribution in [0.3, 0.4) is 0 Å². The van der Waals surface area contributed by atoms with Crippen molar-refractivity contribution in [1.82, 2.24) is 14.5 Å². The number of carbonyl (C=O) groups is 1. The minimum Gasteiger partial charge on any atom is -0.495 e. The van der Waals surface area contributed by atoms with Gasteiger partial charge in [-0.2, -0.15) is 0 Å². The molecular formula is C23H28N4O4. The van der Waals surface area contributed by atoms with Crippen LogP contribution in [-0.2, 0) is 14.4 Å². The van der Waals surface area contributed by atoms with Crippen LogP contribution in [0.25, 0.3) is 11.8 Å². The predicted octanol–water partition coefficient (Wildman–Crippen LogP) is 3.19. The third-order valence-electron chi connectivity index (χ3n) is 5.89. The molecule has 2 atom stereocenters. The van der Waals surface area contributed by atoms with Gasteiger partial charge < -0.3 is 23.8 Å². The molecule has 1 fully saturated rings. The van der Waals surface area contributed by atoms with Gasteiger partial charge in [-0.15, -0.1) is 0 Å². The molecule has 1 aromatic carbocycles. The quantitative estimate of drug-likeness (QED) is 0.686. The normalized spacial score (nSPS) is 20.5. The first-order valence-corrected chi connectivity index (χ1v) is 10.5. The van der Waals surface area contributed by atoms with E-state index < -0.39 is 0 Å². The van der Waals surface area contributed by atoms with E-state index in [-0.39, 0.29) is 17.9 Å². The Morgan fingerprint density at radius 2 is 2.19 bits per heavy atom. The molecule has 8 nitrogen and oxygen atoms in total. The van der Waals surface area contributed by atoms with E-state index >= 15 is 0 Å². The molecule has 8 heteroatoms. The van der Waals surface area contributed by atoms with Crippen LogP contribution < -0.4 is 4.74 Å². The molecule has 0 aliphatic carbocycles. The van der Waals surface area contributed by atoms with Gasteiger partial charge in [-0.3, -0.25) is 4.79 Å². The summed E-state index contributed by atoms with van der Waals surface area (Å²) in [6.45, 7) is 5.05. The topological polar surface area (TPSA) is 78.2 Å². The van der Waals surface area contributed by atoms with Gasteiger partial charge in [-0.1, -0.05) is 11.2 Å². The van der Waals surface area contributed by atoms with Gasteiger partial charge in [0.25, 0.3) is 0 Å². The second-order valence-corrected chi connectivity index (χ2v) is 7.91. The summed E-state index contributed by atoms with van der Waals surface area (Å²) in [6, 6.07) is 5.99. The summed E-state index contributed by atoms with van der Waals surface area (Å²) >= 11 is 0. The number of hydrogen-bond donors (Lipinski definition) is 0. The molecule has 2 aromatic rings. The maximum absolute atomic E-state index is 12.1. The summed E-state index contributed by atoms with van der Waals surface area (Å²) in [5.74, 6) is 1.03. The highest BCUT2D eigenvalue weighted by Crippen LogP contribution is 2.31. The highest BCUT2D eigenvalue weighted by atomic mass is 16.6. The molecule has 0 saturated carbocycles. The molecule has 0 spiro atoms. The number of carbonyl (C=O) groups excluding carboxylic acids is 1. The van der Waals surface area contributed by atoms with Crippen LogP contribution in [0.15, 0.2) is 41.5 Å². The fourth-order valence-corrected chi connectivity index (χ4v) is 4.19. The van der Waals surface area contributed by atoms with E-state index in [0.717, 1.165) is 53.5 Å². The monoisotopic (exact) mass is 424 g/mol. The molecule has 0 bridgehead atoms. The van der Waals surface area contributed by atoms with E-state index in [4.69, 9.17) is 14.3 Å². The zero-order valence-corrected chi connectivity index (χ0v) is 18.4. The van der Waals surface area contributed by atoms with Gasteiger partial charge in [0, 0.05) is 12.7 Å². The molecule has 2 aliphatic heterocycles. The summed E-state index contributed by atoms with van der Waals surface area (Å²) in [5, 5.41) is 4.34. The van der Waals surface area contributed by atoms with Crippen molar-refractivity contribution in [3.8, 4) is 11.4 Å². The van der Waals surface area contributed by atoms with Gasteiger partial charge in [0.2, 0.25) is 0 Å². The first-order valence-electron chi connectivity index (χ1n) is 10.5. The highest BCUT2D eigenvalue weighted by molar-refractivity contribution is 6.03. The third kappa shape index (κ3) is 4.15. The highest BCUT2D eigenvalue weighted by Gasteiger charge is 2.38. The molecule has 1 saturated heterocycles. The number of piperidine rings is 1. The molecule has 3 heterocycles. The minimum atomic E-state index is -0.298. The van der Waals surface area contributed by atoms with Gasteiger partial charge in [0.05, 0.1) is 43.9 Å². The van der Waals surface area contributed by atoms with E-state index in [2.05, 4.69) is 27.2 Å². The van der Waals surface area contributed by atoms with Crippen LogP contribution >= 0.6 is 0 Å². The van der Waals surface area contributed by atoms with E-state index in [1.54, 1.807) is 13.4 Å². The van der Waals surface area contributed by atoms with Crippen molar-refractivity contribution in [2.75, 3.05) is 27.4 Å². The second-order valence-electron chi connectivity index (χ2n) is 7.91. The van der Waals surface area contributed by atoms with Crippen LogP contribution in [0.2, 0.25) is 0 Å². The van der Waals surface area contributed by atoms with Crippen LogP contribution in [0.4, 0.5) is 0 Å². The first-order chi connectivity index (χ1) is 15.0. The van der Waals surface area contributed by atoms with Gasteiger partial charge in [0.1, 0.15) is 12.4 Å².